The van der Waals surface area contributed by atoms with Crippen molar-refractivity contribution in [3.63, 3.8) is 0 Å². The second kappa shape index (κ2) is 7.17. The van der Waals surface area contributed by atoms with E-state index in [1.165, 1.54) is 0 Å². The molecule has 6 heteroatoms. The van der Waals surface area contributed by atoms with Crippen molar-refractivity contribution >= 4 is 17.8 Å². The second-order valence-corrected chi connectivity index (χ2v) is 5.88. The monoisotopic (exact) mass is 339 g/mol. The van der Waals surface area contributed by atoms with Gasteiger partial charge in [0.1, 0.15) is 18.3 Å². The number of benzene rings is 2. The molecule has 2 aromatic carbocycles. The SMILES string of the molecule is O=C1CC(c2ccc(OCc3ccccc3)cc2)C(C(=O)O)C(=O)N1. The van der Waals surface area contributed by atoms with Gasteiger partial charge in [0, 0.05) is 12.3 Å². The zero-order valence-corrected chi connectivity index (χ0v) is 13.3. The van der Waals surface area contributed by atoms with E-state index in [0.29, 0.717) is 17.9 Å². The van der Waals surface area contributed by atoms with Crippen LogP contribution in [0.4, 0.5) is 0 Å². The molecule has 2 amide bonds. The molecule has 0 aromatic heterocycles. The number of nitrogens with one attached hydrogen (secondary N) is 1. The maximum atomic E-state index is 11.8. The Morgan fingerprint density at radius 3 is 2.40 bits per heavy atom. The highest BCUT2D eigenvalue weighted by Gasteiger charge is 2.41. The van der Waals surface area contributed by atoms with Crippen molar-refractivity contribution in [1.29, 1.82) is 0 Å². The van der Waals surface area contributed by atoms with E-state index in [4.69, 9.17) is 4.74 Å². The summed E-state index contributed by atoms with van der Waals surface area (Å²) in [7, 11) is 0. The van der Waals surface area contributed by atoms with E-state index in [-0.39, 0.29) is 6.42 Å². The quantitative estimate of drug-likeness (QED) is 0.643. The number of carbonyl (C=O) groups is 3. The number of imide groups is 1. The summed E-state index contributed by atoms with van der Waals surface area (Å²) >= 11 is 0. The Hall–Kier alpha value is -3.15. The zero-order valence-electron chi connectivity index (χ0n) is 13.3. The number of piperidine rings is 1. The lowest BCUT2D eigenvalue weighted by Crippen LogP contribution is -2.47. The fraction of sp³-hybridized carbons (Fsp3) is 0.211. The molecule has 1 fully saturated rings. The molecule has 1 aliphatic heterocycles. The maximum absolute atomic E-state index is 11.8. The van der Waals surface area contributed by atoms with Gasteiger partial charge in [-0.1, -0.05) is 42.5 Å². The molecule has 2 N–H and O–H groups in total. The van der Waals surface area contributed by atoms with Gasteiger partial charge in [0.05, 0.1) is 0 Å². The Kier molecular flexibility index (Phi) is 4.79. The standard InChI is InChI=1S/C19H17NO5/c21-16-10-15(17(19(23)24)18(22)20-16)13-6-8-14(9-7-13)25-11-12-4-2-1-3-5-12/h1-9,15,17H,10-11H2,(H,23,24)(H,20,21,22). The highest BCUT2D eigenvalue weighted by molar-refractivity contribution is 6.08. The van der Waals surface area contributed by atoms with Gasteiger partial charge in [0.2, 0.25) is 11.8 Å². The first kappa shape index (κ1) is 16.7. The largest absolute Gasteiger partial charge is 0.489 e. The van der Waals surface area contributed by atoms with Crippen LogP contribution in [0.15, 0.2) is 54.6 Å². The van der Waals surface area contributed by atoms with Crippen LogP contribution in [0.2, 0.25) is 0 Å². The molecule has 0 spiro atoms. The first-order valence-electron chi connectivity index (χ1n) is 7.88. The van der Waals surface area contributed by atoms with Crippen LogP contribution < -0.4 is 10.1 Å². The number of ether oxygens (including phenoxy) is 1. The number of hydrogen-bond donors (Lipinski definition) is 2. The molecule has 2 unspecified atom stereocenters. The van der Waals surface area contributed by atoms with Crippen molar-refractivity contribution in [1.82, 2.24) is 5.32 Å². The lowest BCUT2D eigenvalue weighted by molar-refractivity contribution is -0.151. The summed E-state index contributed by atoms with van der Waals surface area (Å²) in [6.45, 7) is 0.419. The van der Waals surface area contributed by atoms with Gasteiger partial charge in [-0.25, -0.2) is 0 Å². The number of aliphatic carboxylic acids is 1. The summed E-state index contributed by atoms with van der Waals surface area (Å²) in [5.74, 6) is -3.78. The first-order valence-corrected chi connectivity index (χ1v) is 7.88. The van der Waals surface area contributed by atoms with E-state index >= 15 is 0 Å². The molecule has 0 radical (unpaired) electrons. The van der Waals surface area contributed by atoms with E-state index in [1.807, 2.05) is 30.3 Å². The zero-order chi connectivity index (χ0) is 17.8. The second-order valence-electron chi connectivity index (χ2n) is 5.88. The minimum atomic E-state index is -1.27. The van der Waals surface area contributed by atoms with E-state index in [0.717, 1.165) is 5.56 Å². The smallest absolute Gasteiger partial charge is 0.316 e. The van der Waals surface area contributed by atoms with Gasteiger partial charge < -0.3 is 9.84 Å². The van der Waals surface area contributed by atoms with Crippen LogP contribution in [0.3, 0.4) is 0 Å². The van der Waals surface area contributed by atoms with Gasteiger partial charge in [0.25, 0.3) is 0 Å². The molecule has 128 valence electrons. The van der Waals surface area contributed by atoms with Crippen molar-refractivity contribution in [2.75, 3.05) is 0 Å². The Balaban J connectivity index is 1.73. The number of hydrogen-bond acceptors (Lipinski definition) is 4. The molecule has 2 atom stereocenters. The molecule has 6 nitrogen and oxygen atoms in total. The fourth-order valence-corrected chi connectivity index (χ4v) is 2.91. The molecule has 3 rings (SSSR count). The van der Waals surface area contributed by atoms with E-state index in [1.54, 1.807) is 24.3 Å². The van der Waals surface area contributed by atoms with Gasteiger partial charge >= 0.3 is 5.97 Å². The number of carboxylic acid groups (broad SMARTS) is 1. The average molecular weight is 339 g/mol. The third-order valence-electron chi connectivity index (χ3n) is 4.18. The number of carbonyl (C=O) groups excluding carboxylic acids is 2. The van der Waals surface area contributed by atoms with Crippen molar-refractivity contribution < 1.29 is 24.2 Å². The Bertz CT molecular complexity index is 785. The number of rotatable bonds is 5. The summed E-state index contributed by atoms with van der Waals surface area (Å²) in [5, 5.41) is 11.4. The van der Waals surface area contributed by atoms with Crippen LogP contribution in [0.25, 0.3) is 0 Å². The molecule has 25 heavy (non-hydrogen) atoms. The van der Waals surface area contributed by atoms with Crippen LogP contribution in [0.5, 0.6) is 5.75 Å². The molecule has 1 aliphatic rings. The number of carboxylic acids is 1. The van der Waals surface area contributed by atoms with Gasteiger partial charge in [0.15, 0.2) is 0 Å². The molecular weight excluding hydrogens is 322 g/mol. The van der Waals surface area contributed by atoms with Crippen molar-refractivity contribution in [3.8, 4) is 5.75 Å². The van der Waals surface area contributed by atoms with Crippen LogP contribution in [-0.2, 0) is 21.0 Å². The highest BCUT2D eigenvalue weighted by atomic mass is 16.5. The maximum Gasteiger partial charge on any atom is 0.316 e. The Labute approximate surface area is 144 Å². The predicted octanol–water partition coefficient (Wildman–Crippen LogP) is 2.10. The van der Waals surface area contributed by atoms with Gasteiger partial charge in [-0.05, 0) is 23.3 Å². The minimum Gasteiger partial charge on any atom is -0.489 e. The summed E-state index contributed by atoms with van der Waals surface area (Å²) in [6.07, 6.45) is -0.0348. The fourth-order valence-electron chi connectivity index (χ4n) is 2.91. The third kappa shape index (κ3) is 3.85. The van der Waals surface area contributed by atoms with Crippen molar-refractivity contribution in [2.45, 2.75) is 18.9 Å². The lowest BCUT2D eigenvalue weighted by Gasteiger charge is -2.27. The molecule has 2 aromatic rings. The third-order valence-corrected chi connectivity index (χ3v) is 4.18. The average Bonchev–Trinajstić information content (AvgIpc) is 2.60. The van der Waals surface area contributed by atoms with Crippen LogP contribution in [-0.4, -0.2) is 22.9 Å². The highest BCUT2D eigenvalue weighted by Crippen LogP contribution is 2.32. The van der Waals surface area contributed by atoms with Gasteiger partial charge in [-0.2, -0.15) is 0 Å². The van der Waals surface area contributed by atoms with Crippen molar-refractivity contribution in [2.24, 2.45) is 5.92 Å². The lowest BCUT2D eigenvalue weighted by atomic mass is 9.80. The minimum absolute atomic E-state index is 0.0348. The van der Waals surface area contributed by atoms with Crippen LogP contribution in [0, 0.1) is 5.92 Å². The predicted molar refractivity (Wildman–Crippen MR) is 88.8 cm³/mol. The molecule has 0 saturated carbocycles. The number of amides is 2. The summed E-state index contributed by atoms with van der Waals surface area (Å²) in [6, 6.07) is 16.5. The van der Waals surface area contributed by atoms with Crippen molar-refractivity contribution in [3.05, 3.63) is 65.7 Å². The summed E-state index contributed by atoms with van der Waals surface area (Å²) < 4.78 is 5.69. The van der Waals surface area contributed by atoms with E-state index < -0.39 is 29.6 Å². The normalized spacial score (nSPS) is 20.0. The molecule has 0 bridgehead atoms. The van der Waals surface area contributed by atoms with Gasteiger partial charge in [-0.3, -0.25) is 19.7 Å². The summed E-state index contributed by atoms with van der Waals surface area (Å²) in [4.78, 5) is 34.8. The van der Waals surface area contributed by atoms with Crippen LogP contribution >= 0.6 is 0 Å². The Morgan fingerprint density at radius 1 is 1.08 bits per heavy atom. The molecule has 1 heterocycles. The van der Waals surface area contributed by atoms with Gasteiger partial charge in [-0.15, -0.1) is 0 Å². The molecule has 1 saturated heterocycles. The topological polar surface area (TPSA) is 92.7 Å². The first-order chi connectivity index (χ1) is 12.0. The summed E-state index contributed by atoms with van der Waals surface area (Å²) in [5.41, 5.74) is 1.66. The molecular formula is C19H17NO5. The Morgan fingerprint density at radius 2 is 1.76 bits per heavy atom. The molecule has 0 aliphatic carbocycles. The van der Waals surface area contributed by atoms with E-state index in [2.05, 4.69) is 5.32 Å². The van der Waals surface area contributed by atoms with Crippen LogP contribution in [0.1, 0.15) is 23.5 Å². The van der Waals surface area contributed by atoms with E-state index in [9.17, 15) is 19.5 Å².